The van der Waals surface area contributed by atoms with Crippen LogP contribution >= 0.6 is 0 Å². The third-order valence-corrected chi connectivity index (χ3v) is 3.96. The maximum absolute atomic E-state index is 11.6. The summed E-state index contributed by atoms with van der Waals surface area (Å²) in [6.45, 7) is 9.06. The van der Waals surface area contributed by atoms with Crippen LogP contribution in [-0.2, 0) is 4.79 Å². The molecule has 0 heterocycles. The van der Waals surface area contributed by atoms with E-state index in [0.29, 0.717) is 13.0 Å². The Labute approximate surface area is 121 Å². The lowest BCUT2D eigenvalue weighted by molar-refractivity contribution is -0.122. The Morgan fingerprint density at radius 2 is 1.90 bits per heavy atom. The molecule has 5 heteroatoms. The van der Waals surface area contributed by atoms with Crippen LogP contribution in [0.5, 0.6) is 0 Å². The molecule has 1 aliphatic carbocycles. The van der Waals surface area contributed by atoms with E-state index in [0.717, 1.165) is 25.7 Å². The van der Waals surface area contributed by atoms with Crippen molar-refractivity contribution in [3.05, 3.63) is 0 Å². The number of nitrogens with one attached hydrogen (secondary N) is 2. The van der Waals surface area contributed by atoms with Gasteiger partial charge in [0.1, 0.15) is 0 Å². The van der Waals surface area contributed by atoms with E-state index in [4.69, 9.17) is 5.11 Å². The Morgan fingerprint density at radius 3 is 2.45 bits per heavy atom. The zero-order valence-corrected chi connectivity index (χ0v) is 13.1. The number of carbonyl (C=O) groups is 2. The summed E-state index contributed by atoms with van der Waals surface area (Å²) in [5, 5.41) is 14.5. The average Bonchev–Trinajstić information content (AvgIpc) is 2.23. The monoisotopic (exact) mass is 284 g/mol. The van der Waals surface area contributed by atoms with Crippen LogP contribution in [0.3, 0.4) is 0 Å². The van der Waals surface area contributed by atoms with Crippen LogP contribution in [0.25, 0.3) is 0 Å². The Bertz CT molecular complexity index is 368. The van der Waals surface area contributed by atoms with Gasteiger partial charge in [-0.25, -0.2) is 4.79 Å². The quantitative estimate of drug-likeness (QED) is 0.726. The Morgan fingerprint density at radius 1 is 1.25 bits per heavy atom. The SMILES string of the molecule is CCCC(=O)NCC1(C)CC(NC(=O)O)CC(C)(C)C1. The molecule has 0 spiro atoms. The van der Waals surface area contributed by atoms with Crippen LogP contribution in [0, 0.1) is 10.8 Å². The van der Waals surface area contributed by atoms with Gasteiger partial charge in [0.05, 0.1) is 0 Å². The summed E-state index contributed by atoms with van der Waals surface area (Å²) < 4.78 is 0. The van der Waals surface area contributed by atoms with Crippen LogP contribution in [0.2, 0.25) is 0 Å². The summed E-state index contributed by atoms with van der Waals surface area (Å²) in [7, 11) is 0. The van der Waals surface area contributed by atoms with Crippen molar-refractivity contribution < 1.29 is 14.7 Å². The van der Waals surface area contributed by atoms with Gasteiger partial charge in [0.2, 0.25) is 5.91 Å². The zero-order chi connectivity index (χ0) is 15.4. The van der Waals surface area contributed by atoms with E-state index in [1.165, 1.54) is 0 Å². The molecule has 0 aromatic rings. The Balaban J connectivity index is 2.65. The van der Waals surface area contributed by atoms with Crippen LogP contribution in [0.1, 0.15) is 59.8 Å². The fraction of sp³-hybridized carbons (Fsp3) is 0.867. The minimum atomic E-state index is -0.968. The first-order valence-electron chi connectivity index (χ1n) is 7.42. The van der Waals surface area contributed by atoms with Crippen molar-refractivity contribution in [2.24, 2.45) is 10.8 Å². The summed E-state index contributed by atoms with van der Waals surface area (Å²) >= 11 is 0. The Kier molecular flexibility index (Phi) is 5.42. The average molecular weight is 284 g/mol. The highest BCUT2D eigenvalue weighted by molar-refractivity contribution is 5.75. The van der Waals surface area contributed by atoms with Gasteiger partial charge in [0.15, 0.2) is 0 Å². The van der Waals surface area contributed by atoms with Gasteiger partial charge in [-0.05, 0) is 36.5 Å². The summed E-state index contributed by atoms with van der Waals surface area (Å²) in [6, 6.07) is -0.0377. The van der Waals surface area contributed by atoms with Crippen LogP contribution in [0.15, 0.2) is 0 Å². The van der Waals surface area contributed by atoms with Crippen molar-refractivity contribution in [1.29, 1.82) is 0 Å². The lowest BCUT2D eigenvalue weighted by Gasteiger charge is -2.46. The maximum Gasteiger partial charge on any atom is 0.404 e. The van der Waals surface area contributed by atoms with Gasteiger partial charge >= 0.3 is 6.09 Å². The minimum absolute atomic E-state index is 0.0377. The molecule has 2 atom stereocenters. The van der Waals surface area contributed by atoms with Crippen molar-refractivity contribution in [2.45, 2.75) is 65.8 Å². The summed E-state index contributed by atoms with van der Waals surface area (Å²) in [4.78, 5) is 22.5. The number of rotatable bonds is 5. The maximum atomic E-state index is 11.6. The normalized spacial score (nSPS) is 28.7. The molecule has 0 radical (unpaired) electrons. The van der Waals surface area contributed by atoms with Gasteiger partial charge in [-0.1, -0.05) is 27.7 Å². The molecule has 0 aromatic carbocycles. The third-order valence-electron chi connectivity index (χ3n) is 3.96. The molecule has 3 N–H and O–H groups in total. The van der Waals surface area contributed by atoms with Crippen molar-refractivity contribution in [3.63, 3.8) is 0 Å². The largest absolute Gasteiger partial charge is 0.465 e. The van der Waals surface area contributed by atoms with E-state index in [2.05, 4.69) is 31.4 Å². The van der Waals surface area contributed by atoms with Gasteiger partial charge in [-0.15, -0.1) is 0 Å². The number of hydrogen-bond acceptors (Lipinski definition) is 2. The van der Waals surface area contributed by atoms with Crippen LogP contribution < -0.4 is 10.6 Å². The van der Waals surface area contributed by atoms with Crippen molar-refractivity contribution in [2.75, 3.05) is 6.54 Å². The lowest BCUT2D eigenvalue weighted by Crippen LogP contribution is -2.50. The number of amides is 2. The summed E-state index contributed by atoms with van der Waals surface area (Å²) in [6.07, 6.45) is 3.04. The highest BCUT2D eigenvalue weighted by Crippen LogP contribution is 2.45. The molecule has 1 rings (SSSR count). The summed E-state index contributed by atoms with van der Waals surface area (Å²) in [5.41, 5.74) is 0.0217. The van der Waals surface area contributed by atoms with E-state index < -0.39 is 6.09 Å². The van der Waals surface area contributed by atoms with Gasteiger partial charge in [0.25, 0.3) is 0 Å². The van der Waals surface area contributed by atoms with Gasteiger partial charge < -0.3 is 15.7 Å². The molecular formula is C15H28N2O3. The molecular weight excluding hydrogens is 256 g/mol. The van der Waals surface area contributed by atoms with Gasteiger partial charge in [-0.3, -0.25) is 4.79 Å². The molecule has 0 bridgehead atoms. The van der Waals surface area contributed by atoms with E-state index >= 15 is 0 Å². The number of carbonyl (C=O) groups excluding carboxylic acids is 1. The van der Waals surface area contributed by atoms with Crippen LogP contribution in [-0.4, -0.2) is 29.7 Å². The second kappa shape index (κ2) is 6.46. The first-order chi connectivity index (χ1) is 9.16. The molecule has 5 nitrogen and oxygen atoms in total. The van der Waals surface area contributed by atoms with E-state index in [-0.39, 0.29) is 22.8 Å². The highest BCUT2D eigenvalue weighted by Gasteiger charge is 2.41. The predicted molar refractivity (Wildman–Crippen MR) is 78.6 cm³/mol. The van der Waals surface area contributed by atoms with E-state index in [1.807, 2.05) is 6.92 Å². The standard InChI is InChI=1S/C15H28N2O3/c1-5-6-12(18)16-10-15(4)8-11(17-13(19)20)7-14(2,3)9-15/h11,17H,5-10H2,1-4H3,(H,16,18)(H,19,20). The first-order valence-corrected chi connectivity index (χ1v) is 7.42. The highest BCUT2D eigenvalue weighted by atomic mass is 16.4. The van der Waals surface area contributed by atoms with E-state index in [9.17, 15) is 9.59 Å². The molecule has 2 unspecified atom stereocenters. The molecule has 1 aliphatic rings. The topological polar surface area (TPSA) is 78.4 Å². The number of carboxylic acid groups (broad SMARTS) is 1. The molecule has 116 valence electrons. The minimum Gasteiger partial charge on any atom is -0.465 e. The zero-order valence-electron chi connectivity index (χ0n) is 13.1. The lowest BCUT2D eigenvalue weighted by atomic mass is 9.62. The molecule has 2 amide bonds. The predicted octanol–water partition coefficient (Wildman–Crippen LogP) is 2.76. The Hall–Kier alpha value is -1.26. The molecule has 0 aromatic heterocycles. The van der Waals surface area contributed by atoms with Crippen LogP contribution in [0.4, 0.5) is 4.79 Å². The molecule has 0 aliphatic heterocycles. The second-order valence-corrected chi connectivity index (χ2v) is 7.23. The van der Waals surface area contributed by atoms with Crippen molar-refractivity contribution >= 4 is 12.0 Å². The van der Waals surface area contributed by atoms with Gasteiger partial charge in [-0.2, -0.15) is 0 Å². The molecule has 0 saturated heterocycles. The van der Waals surface area contributed by atoms with E-state index in [1.54, 1.807) is 0 Å². The fourth-order valence-corrected chi connectivity index (χ4v) is 3.67. The summed E-state index contributed by atoms with van der Waals surface area (Å²) in [5.74, 6) is 0.0832. The van der Waals surface area contributed by atoms with Gasteiger partial charge in [0, 0.05) is 19.0 Å². The molecule has 1 fully saturated rings. The molecule has 1 saturated carbocycles. The molecule has 20 heavy (non-hydrogen) atoms. The van der Waals surface area contributed by atoms with Crippen molar-refractivity contribution in [1.82, 2.24) is 10.6 Å². The second-order valence-electron chi connectivity index (χ2n) is 7.23. The van der Waals surface area contributed by atoms with Crippen molar-refractivity contribution in [3.8, 4) is 0 Å². The smallest absolute Gasteiger partial charge is 0.404 e. The first kappa shape index (κ1) is 16.8. The number of hydrogen-bond donors (Lipinski definition) is 3. The fourth-order valence-electron chi connectivity index (χ4n) is 3.67. The third kappa shape index (κ3) is 5.39.